The van der Waals surface area contributed by atoms with Gasteiger partial charge in [-0.2, -0.15) is 0 Å². The number of aliphatic hydroxyl groups is 1. The zero-order valence-corrected chi connectivity index (χ0v) is 24.3. The fraction of sp³-hybridized carbons (Fsp3) is 0.281. The van der Waals surface area contributed by atoms with E-state index in [0.29, 0.717) is 70.5 Å². The minimum absolute atomic E-state index is 0.0483. The molecule has 1 fully saturated rings. The molecule has 0 bridgehead atoms. The number of amides is 1. The number of benzene rings is 3. The van der Waals surface area contributed by atoms with E-state index in [1.54, 1.807) is 43.5 Å². The molecule has 2 aliphatic rings. The predicted octanol–water partition coefficient (Wildman–Crippen LogP) is 6.13. The maximum Gasteiger partial charge on any atom is 0.301 e. The van der Waals surface area contributed by atoms with Gasteiger partial charge in [-0.25, -0.2) is 4.98 Å². The Bertz CT molecular complexity index is 1710. The van der Waals surface area contributed by atoms with Crippen molar-refractivity contribution in [1.82, 2.24) is 4.98 Å². The van der Waals surface area contributed by atoms with Crippen LogP contribution in [0.3, 0.4) is 0 Å². The molecule has 3 heterocycles. The van der Waals surface area contributed by atoms with Crippen LogP contribution in [0.25, 0.3) is 16.0 Å². The summed E-state index contributed by atoms with van der Waals surface area (Å²) in [5, 5.41) is 11.9. The average molecular weight is 587 g/mol. The molecular formula is C32H30N2O7S. The monoisotopic (exact) mass is 586 g/mol. The van der Waals surface area contributed by atoms with Gasteiger partial charge in [0, 0.05) is 5.56 Å². The summed E-state index contributed by atoms with van der Waals surface area (Å²) in [4.78, 5) is 33.4. The SMILES string of the molecule is COc1ccc2nc(N3C(=O)C(=O)/C(=C(\O)c4ccc5c(c4)OCCO5)C3c3cccc(OCCC(C)C)c3)sc2c1. The van der Waals surface area contributed by atoms with Gasteiger partial charge in [0.15, 0.2) is 16.6 Å². The van der Waals surface area contributed by atoms with Crippen LogP contribution in [0.2, 0.25) is 0 Å². The number of Topliss-reactive ketones (excluding diaryl/α,β-unsaturated/α-hetero) is 1. The van der Waals surface area contributed by atoms with Crippen molar-refractivity contribution in [1.29, 1.82) is 0 Å². The highest BCUT2D eigenvalue weighted by molar-refractivity contribution is 7.22. The number of nitrogens with zero attached hydrogens (tertiary/aromatic N) is 2. The van der Waals surface area contributed by atoms with Gasteiger partial charge < -0.3 is 24.1 Å². The largest absolute Gasteiger partial charge is 0.507 e. The standard InChI is InChI=1S/C32H30N2O7S/c1-18(2)11-12-39-22-6-4-5-19(15-22)28-27(29(35)20-7-10-24-25(16-20)41-14-13-40-24)30(36)31(37)34(28)32-33-23-9-8-21(38-3)17-26(23)42-32/h4-10,15-18,28,35H,11-14H2,1-3H3/b29-27-. The lowest BCUT2D eigenvalue weighted by atomic mass is 9.95. The highest BCUT2D eigenvalue weighted by Gasteiger charge is 2.48. The zero-order valence-electron chi connectivity index (χ0n) is 23.5. The van der Waals surface area contributed by atoms with Gasteiger partial charge in [0.05, 0.1) is 35.5 Å². The summed E-state index contributed by atoms with van der Waals surface area (Å²) in [7, 11) is 1.58. The molecule has 1 aromatic heterocycles. The Morgan fingerprint density at radius 3 is 2.64 bits per heavy atom. The fourth-order valence-electron chi connectivity index (χ4n) is 5.00. The van der Waals surface area contributed by atoms with Gasteiger partial charge in [0.1, 0.15) is 30.5 Å². The lowest BCUT2D eigenvalue weighted by Gasteiger charge is -2.24. The van der Waals surface area contributed by atoms with E-state index < -0.39 is 17.7 Å². The maximum absolute atomic E-state index is 13.7. The first-order valence-electron chi connectivity index (χ1n) is 13.7. The number of thiazole rings is 1. The molecule has 42 heavy (non-hydrogen) atoms. The molecule has 6 rings (SSSR count). The Kier molecular flexibility index (Phi) is 7.47. The van der Waals surface area contributed by atoms with Crippen LogP contribution in [0.1, 0.15) is 37.4 Å². The first-order valence-corrected chi connectivity index (χ1v) is 14.5. The van der Waals surface area contributed by atoms with E-state index in [2.05, 4.69) is 13.8 Å². The van der Waals surface area contributed by atoms with Crippen LogP contribution in [-0.2, 0) is 9.59 Å². The molecule has 1 N–H and O–H groups in total. The number of ether oxygens (including phenoxy) is 4. The molecule has 1 amide bonds. The van der Waals surface area contributed by atoms with E-state index in [4.69, 9.17) is 23.9 Å². The molecule has 0 spiro atoms. The molecule has 1 atom stereocenters. The van der Waals surface area contributed by atoms with Gasteiger partial charge >= 0.3 is 5.91 Å². The molecule has 1 saturated heterocycles. The van der Waals surface area contributed by atoms with Gasteiger partial charge in [-0.1, -0.05) is 37.3 Å². The van der Waals surface area contributed by atoms with Crippen LogP contribution < -0.4 is 23.8 Å². The first kappa shape index (κ1) is 27.6. The van der Waals surface area contributed by atoms with E-state index in [-0.39, 0.29) is 11.3 Å². The minimum atomic E-state index is -0.950. The molecule has 216 valence electrons. The fourth-order valence-corrected chi connectivity index (χ4v) is 6.02. The molecule has 0 saturated carbocycles. The van der Waals surface area contributed by atoms with Crippen molar-refractivity contribution in [3.63, 3.8) is 0 Å². The second kappa shape index (κ2) is 11.4. The van der Waals surface area contributed by atoms with Gasteiger partial charge in [-0.3, -0.25) is 14.5 Å². The van der Waals surface area contributed by atoms with Gasteiger partial charge in [0.25, 0.3) is 5.78 Å². The number of ketones is 1. The molecular weight excluding hydrogens is 556 g/mol. The van der Waals surface area contributed by atoms with E-state index in [1.807, 2.05) is 24.3 Å². The number of fused-ring (bicyclic) bond motifs is 2. The Hall–Kier alpha value is -4.57. The van der Waals surface area contributed by atoms with Crippen molar-refractivity contribution in [3.8, 4) is 23.0 Å². The van der Waals surface area contributed by atoms with Gasteiger partial charge in [0.2, 0.25) is 0 Å². The summed E-state index contributed by atoms with van der Waals surface area (Å²) < 4.78 is 23.5. The van der Waals surface area contributed by atoms with Crippen molar-refractivity contribution in [2.45, 2.75) is 26.3 Å². The topological polar surface area (TPSA) is 107 Å². The summed E-state index contributed by atoms with van der Waals surface area (Å²) in [6.45, 7) is 5.57. The lowest BCUT2D eigenvalue weighted by molar-refractivity contribution is -0.132. The predicted molar refractivity (Wildman–Crippen MR) is 160 cm³/mol. The molecule has 0 radical (unpaired) electrons. The van der Waals surface area contributed by atoms with E-state index in [1.165, 1.54) is 16.2 Å². The summed E-state index contributed by atoms with van der Waals surface area (Å²) >= 11 is 1.27. The number of anilines is 1. The molecule has 1 unspecified atom stereocenters. The van der Waals surface area contributed by atoms with Gasteiger partial charge in [-0.05, 0) is 66.4 Å². The Morgan fingerprint density at radius 1 is 1.05 bits per heavy atom. The number of hydrogen-bond donors (Lipinski definition) is 1. The van der Waals surface area contributed by atoms with E-state index in [9.17, 15) is 14.7 Å². The summed E-state index contributed by atoms with van der Waals surface area (Å²) in [5.74, 6) is 0.832. The van der Waals surface area contributed by atoms with Crippen LogP contribution in [0.5, 0.6) is 23.0 Å². The minimum Gasteiger partial charge on any atom is -0.507 e. The third kappa shape index (κ3) is 5.14. The smallest absolute Gasteiger partial charge is 0.301 e. The molecule has 3 aromatic carbocycles. The quantitative estimate of drug-likeness (QED) is 0.149. The average Bonchev–Trinajstić information content (AvgIpc) is 3.53. The van der Waals surface area contributed by atoms with Crippen molar-refractivity contribution in [3.05, 3.63) is 77.4 Å². The number of aliphatic hydroxyl groups excluding tert-OH is 1. The van der Waals surface area contributed by atoms with Crippen LogP contribution in [0, 0.1) is 5.92 Å². The maximum atomic E-state index is 13.7. The van der Waals surface area contributed by atoms with Crippen LogP contribution in [0.15, 0.2) is 66.2 Å². The number of rotatable bonds is 8. The Morgan fingerprint density at radius 2 is 1.86 bits per heavy atom. The van der Waals surface area contributed by atoms with Crippen molar-refractivity contribution in [2.24, 2.45) is 5.92 Å². The van der Waals surface area contributed by atoms with Crippen LogP contribution >= 0.6 is 11.3 Å². The number of aromatic nitrogens is 1. The third-order valence-corrected chi connectivity index (χ3v) is 8.21. The Balaban J connectivity index is 1.48. The third-order valence-electron chi connectivity index (χ3n) is 7.19. The second-order valence-corrected chi connectivity index (χ2v) is 11.5. The number of methoxy groups -OCH3 is 1. The molecule has 0 aliphatic carbocycles. The number of carbonyl (C=O) groups excluding carboxylic acids is 2. The zero-order chi connectivity index (χ0) is 29.4. The second-order valence-electron chi connectivity index (χ2n) is 10.5. The van der Waals surface area contributed by atoms with Crippen LogP contribution in [-0.4, -0.2) is 48.7 Å². The molecule has 4 aromatic rings. The number of hydrogen-bond acceptors (Lipinski definition) is 9. The Labute approximate surface area is 246 Å². The lowest BCUT2D eigenvalue weighted by Crippen LogP contribution is -2.29. The summed E-state index contributed by atoms with van der Waals surface area (Å²) in [6.07, 6.45) is 0.877. The highest BCUT2D eigenvalue weighted by Crippen LogP contribution is 2.46. The van der Waals surface area contributed by atoms with Crippen molar-refractivity contribution in [2.75, 3.05) is 31.8 Å². The first-order chi connectivity index (χ1) is 20.3. The highest BCUT2D eigenvalue weighted by atomic mass is 32.1. The van der Waals surface area contributed by atoms with Crippen molar-refractivity contribution >= 4 is 44.1 Å². The summed E-state index contributed by atoms with van der Waals surface area (Å²) in [6, 6.07) is 16.7. The van der Waals surface area contributed by atoms with E-state index >= 15 is 0 Å². The molecule has 9 nitrogen and oxygen atoms in total. The van der Waals surface area contributed by atoms with Gasteiger partial charge in [-0.15, -0.1) is 0 Å². The van der Waals surface area contributed by atoms with E-state index in [0.717, 1.165) is 11.1 Å². The summed E-state index contributed by atoms with van der Waals surface area (Å²) in [5.41, 5.74) is 1.55. The van der Waals surface area contributed by atoms with Crippen molar-refractivity contribution < 1.29 is 33.6 Å². The normalized spacial score (nSPS) is 17.7. The van der Waals surface area contributed by atoms with Crippen LogP contribution in [0.4, 0.5) is 5.13 Å². The molecule has 2 aliphatic heterocycles. The molecule has 10 heteroatoms. The number of carbonyl (C=O) groups is 2.